The lowest BCUT2D eigenvalue weighted by Gasteiger charge is -2.24. The Morgan fingerprint density at radius 3 is 2.41 bits per heavy atom. The highest BCUT2D eigenvalue weighted by molar-refractivity contribution is 6.42. The van der Waals surface area contributed by atoms with Crippen LogP contribution in [0.25, 0.3) is 0 Å². The average molecular weight is 500 g/mol. The number of hydrogen-bond acceptors (Lipinski definition) is 5. The van der Waals surface area contributed by atoms with Crippen molar-refractivity contribution in [2.45, 2.75) is 13.0 Å². The summed E-state index contributed by atoms with van der Waals surface area (Å²) in [6.07, 6.45) is 1.02. The largest absolute Gasteiger partial charge is 0.497 e. The molecule has 0 saturated heterocycles. The fourth-order valence-electron chi connectivity index (χ4n) is 3.22. The van der Waals surface area contributed by atoms with Crippen LogP contribution in [-0.2, 0) is 11.3 Å². The summed E-state index contributed by atoms with van der Waals surface area (Å²) >= 11 is 12.2. The van der Waals surface area contributed by atoms with Crippen molar-refractivity contribution < 1.29 is 19.1 Å². The van der Waals surface area contributed by atoms with Gasteiger partial charge in [-0.3, -0.25) is 19.4 Å². The molecule has 0 atom stereocenters. The molecule has 0 unspecified atom stereocenters. The fraction of sp³-hybridized carbons (Fsp3) is 0.200. The number of amides is 2. The highest BCUT2D eigenvalue weighted by atomic mass is 35.5. The normalized spacial score (nSPS) is 10.5. The molecule has 9 heteroatoms. The molecule has 3 rings (SSSR count). The Balaban J connectivity index is 1.94. The van der Waals surface area contributed by atoms with Crippen LogP contribution in [0.15, 0.2) is 60.8 Å². The zero-order valence-electron chi connectivity index (χ0n) is 18.9. The van der Waals surface area contributed by atoms with Crippen molar-refractivity contribution in [2.75, 3.05) is 26.1 Å². The van der Waals surface area contributed by atoms with Gasteiger partial charge in [-0.15, -0.1) is 0 Å². The Labute approximate surface area is 207 Å². The van der Waals surface area contributed by atoms with E-state index >= 15 is 0 Å². The number of hydrogen-bond donors (Lipinski definition) is 0. The van der Waals surface area contributed by atoms with Crippen LogP contribution in [-0.4, -0.2) is 48.7 Å². The molecule has 1 aromatic heterocycles. The van der Waals surface area contributed by atoms with Gasteiger partial charge in [0.15, 0.2) is 5.78 Å². The number of benzene rings is 2. The number of pyridine rings is 1. The summed E-state index contributed by atoms with van der Waals surface area (Å²) in [5.74, 6) is -0.660. The third-order valence-electron chi connectivity index (χ3n) is 5.00. The maximum atomic E-state index is 13.3. The van der Waals surface area contributed by atoms with Crippen LogP contribution in [0.4, 0.5) is 5.69 Å². The zero-order chi connectivity index (χ0) is 24.8. The number of ether oxygens (including phenoxy) is 1. The van der Waals surface area contributed by atoms with Gasteiger partial charge in [0.05, 0.1) is 30.1 Å². The second-order valence-electron chi connectivity index (χ2n) is 7.66. The average Bonchev–Trinajstić information content (AvgIpc) is 2.84. The Bertz CT molecular complexity index is 1230. The summed E-state index contributed by atoms with van der Waals surface area (Å²) in [6.45, 7) is 0.119. The van der Waals surface area contributed by atoms with E-state index in [1.165, 1.54) is 29.2 Å². The van der Waals surface area contributed by atoms with Crippen molar-refractivity contribution >= 4 is 46.5 Å². The molecule has 2 amide bonds. The van der Waals surface area contributed by atoms with E-state index in [1.807, 2.05) is 0 Å². The zero-order valence-corrected chi connectivity index (χ0v) is 20.4. The van der Waals surface area contributed by atoms with E-state index in [9.17, 15) is 14.4 Å². The molecule has 176 valence electrons. The summed E-state index contributed by atoms with van der Waals surface area (Å²) in [6, 6.07) is 14.8. The van der Waals surface area contributed by atoms with Crippen LogP contribution < -0.4 is 9.64 Å². The SMILES string of the molecule is COc1ccnc(C(=O)CC(=O)N(Cc2ccc(Cl)c(Cl)c2)c2cccc(C(=O)N(C)C)c2)c1. The molecule has 0 saturated carbocycles. The molecule has 1 heterocycles. The predicted molar refractivity (Wildman–Crippen MR) is 132 cm³/mol. The van der Waals surface area contributed by atoms with Gasteiger partial charge in [-0.2, -0.15) is 0 Å². The minimum Gasteiger partial charge on any atom is -0.497 e. The number of carbonyl (C=O) groups is 3. The number of methoxy groups -OCH3 is 1. The van der Waals surface area contributed by atoms with Crippen molar-refractivity contribution in [1.82, 2.24) is 9.88 Å². The van der Waals surface area contributed by atoms with E-state index in [4.69, 9.17) is 27.9 Å². The van der Waals surface area contributed by atoms with Gasteiger partial charge in [-0.05, 0) is 42.0 Å². The Kier molecular flexibility index (Phi) is 8.26. The van der Waals surface area contributed by atoms with Crippen molar-refractivity contribution in [3.63, 3.8) is 0 Å². The highest BCUT2D eigenvalue weighted by Crippen LogP contribution is 2.26. The molecular formula is C25H23Cl2N3O4. The maximum Gasteiger partial charge on any atom is 0.253 e. The number of carbonyl (C=O) groups excluding carboxylic acids is 3. The summed E-state index contributed by atoms with van der Waals surface area (Å²) < 4.78 is 5.13. The molecule has 0 radical (unpaired) electrons. The van der Waals surface area contributed by atoms with Gasteiger partial charge in [-0.1, -0.05) is 35.3 Å². The van der Waals surface area contributed by atoms with E-state index in [1.54, 1.807) is 62.6 Å². The molecule has 0 aliphatic rings. The van der Waals surface area contributed by atoms with E-state index in [-0.39, 0.29) is 18.1 Å². The molecule has 0 fully saturated rings. The molecule has 0 bridgehead atoms. The van der Waals surface area contributed by atoms with Gasteiger partial charge >= 0.3 is 0 Å². The van der Waals surface area contributed by atoms with Crippen LogP contribution >= 0.6 is 23.2 Å². The van der Waals surface area contributed by atoms with Gasteiger partial charge in [0, 0.05) is 37.6 Å². The Morgan fingerprint density at radius 2 is 1.74 bits per heavy atom. The number of nitrogens with zero attached hydrogens (tertiary/aromatic N) is 3. The standard InChI is InChI=1S/C25H23Cl2N3O4/c1-29(2)25(33)17-5-4-6-18(12-17)30(15-16-7-8-20(26)21(27)11-16)24(32)14-23(31)22-13-19(34-3)9-10-28-22/h4-13H,14-15H2,1-3H3. The summed E-state index contributed by atoms with van der Waals surface area (Å²) in [7, 11) is 4.77. The molecular weight excluding hydrogens is 477 g/mol. The quantitative estimate of drug-likeness (QED) is 0.325. The predicted octanol–water partition coefficient (Wildman–Crippen LogP) is 4.91. The van der Waals surface area contributed by atoms with Crippen LogP contribution in [0.5, 0.6) is 5.75 Å². The van der Waals surface area contributed by atoms with Gasteiger partial charge in [0.1, 0.15) is 11.4 Å². The van der Waals surface area contributed by atoms with E-state index in [0.29, 0.717) is 32.6 Å². The van der Waals surface area contributed by atoms with Gasteiger partial charge < -0.3 is 14.5 Å². The smallest absolute Gasteiger partial charge is 0.253 e. The first-order valence-corrected chi connectivity index (χ1v) is 11.0. The second-order valence-corrected chi connectivity index (χ2v) is 8.47. The summed E-state index contributed by atoms with van der Waals surface area (Å²) in [5.41, 5.74) is 1.71. The van der Waals surface area contributed by atoms with Gasteiger partial charge in [0.25, 0.3) is 5.91 Å². The third kappa shape index (κ3) is 6.12. The summed E-state index contributed by atoms with van der Waals surface area (Å²) in [5, 5.41) is 0.737. The molecule has 3 aromatic rings. The lowest BCUT2D eigenvalue weighted by atomic mass is 10.1. The molecule has 0 aliphatic carbocycles. The van der Waals surface area contributed by atoms with Crippen LogP contribution in [0, 0.1) is 0 Å². The number of Topliss-reactive ketones (excluding diaryl/α,β-unsaturated/α-hetero) is 1. The van der Waals surface area contributed by atoms with E-state index in [0.717, 1.165) is 0 Å². The van der Waals surface area contributed by atoms with E-state index in [2.05, 4.69) is 4.98 Å². The van der Waals surface area contributed by atoms with Crippen molar-refractivity contribution in [2.24, 2.45) is 0 Å². The molecule has 0 aliphatic heterocycles. The first kappa shape index (κ1) is 25.2. The first-order valence-electron chi connectivity index (χ1n) is 10.3. The highest BCUT2D eigenvalue weighted by Gasteiger charge is 2.23. The molecule has 34 heavy (non-hydrogen) atoms. The van der Waals surface area contributed by atoms with Gasteiger partial charge in [0.2, 0.25) is 5.91 Å². The third-order valence-corrected chi connectivity index (χ3v) is 5.74. The molecule has 2 aromatic carbocycles. The molecule has 0 N–H and O–H groups in total. The summed E-state index contributed by atoms with van der Waals surface area (Å²) in [4.78, 5) is 45.6. The van der Waals surface area contributed by atoms with Crippen LogP contribution in [0.2, 0.25) is 10.0 Å². The van der Waals surface area contributed by atoms with Crippen LogP contribution in [0.3, 0.4) is 0 Å². The van der Waals surface area contributed by atoms with Crippen molar-refractivity contribution in [3.8, 4) is 5.75 Å². The lowest BCUT2D eigenvalue weighted by Crippen LogP contribution is -2.32. The fourth-order valence-corrected chi connectivity index (χ4v) is 3.54. The van der Waals surface area contributed by atoms with Gasteiger partial charge in [-0.25, -0.2) is 0 Å². The minimum atomic E-state index is -0.463. The monoisotopic (exact) mass is 499 g/mol. The number of anilines is 1. The second kappa shape index (κ2) is 11.1. The Hall–Kier alpha value is -3.42. The van der Waals surface area contributed by atoms with Crippen molar-refractivity contribution in [1.29, 1.82) is 0 Å². The lowest BCUT2D eigenvalue weighted by molar-refractivity contribution is -0.117. The van der Waals surface area contributed by atoms with Crippen LogP contribution in [0.1, 0.15) is 32.8 Å². The first-order chi connectivity index (χ1) is 16.2. The number of aromatic nitrogens is 1. The van der Waals surface area contributed by atoms with E-state index < -0.39 is 18.1 Å². The topological polar surface area (TPSA) is 79.8 Å². The number of rotatable bonds is 8. The molecule has 7 nitrogen and oxygen atoms in total. The minimum absolute atomic E-state index is 0.119. The van der Waals surface area contributed by atoms with Crippen molar-refractivity contribution in [3.05, 3.63) is 87.7 Å². The Morgan fingerprint density at radius 1 is 0.971 bits per heavy atom. The molecule has 0 spiro atoms. The number of ketones is 1. The number of halogens is 2. The maximum absolute atomic E-state index is 13.3.